The number of hydrogen-bond acceptors (Lipinski definition) is 1. The summed E-state index contributed by atoms with van der Waals surface area (Å²) in [5, 5.41) is 0. The second kappa shape index (κ2) is 6.36. The van der Waals surface area contributed by atoms with Crippen LogP contribution in [0.15, 0.2) is 4.99 Å². The van der Waals surface area contributed by atoms with Crippen molar-refractivity contribution in [1.29, 1.82) is 0 Å². The molecule has 55 valence electrons. The smallest absolute Gasteiger partial charge is 0.0335 e. The minimum Gasteiger partial charge on any atom is -0.347 e. The Balaban J connectivity index is 0.000000810. The molecule has 1 aliphatic heterocycles. The molecule has 1 atom stereocenters. The van der Waals surface area contributed by atoms with Crippen LogP contribution in [-0.2, 0) is 32.7 Å². The number of aliphatic imine (C=N–C) groups is 1. The zero-order valence-corrected chi connectivity index (χ0v) is 9.13. The van der Waals surface area contributed by atoms with E-state index in [0.717, 1.165) is 18.9 Å². The van der Waals surface area contributed by atoms with Crippen molar-refractivity contribution in [3.05, 3.63) is 13.3 Å². The van der Waals surface area contributed by atoms with E-state index in [4.69, 9.17) is 0 Å². The molecule has 10 heavy (non-hydrogen) atoms. The van der Waals surface area contributed by atoms with Gasteiger partial charge in [-0.3, -0.25) is 0 Å². The minimum atomic E-state index is 0. The van der Waals surface area contributed by atoms with E-state index in [0.29, 0.717) is 0 Å². The summed E-state index contributed by atoms with van der Waals surface area (Å²) in [5.74, 6) is 0.764. The fourth-order valence-electron chi connectivity index (χ4n) is 1.10. The predicted molar refractivity (Wildman–Crippen MR) is 40.4 cm³/mol. The van der Waals surface area contributed by atoms with Gasteiger partial charge in [0.1, 0.15) is 0 Å². The fourth-order valence-corrected chi connectivity index (χ4v) is 1.10. The van der Waals surface area contributed by atoms with Crippen molar-refractivity contribution in [2.45, 2.75) is 19.3 Å². The van der Waals surface area contributed by atoms with Gasteiger partial charge in [-0.15, -0.1) is 12.6 Å². The van der Waals surface area contributed by atoms with Gasteiger partial charge in [0.25, 0.3) is 0 Å². The summed E-state index contributed by atoms with van der Waals surface area (Å²) in [4.78, 5) is 4.11. The van der Waals surface area contributed by atoms with Gasteiger partial charge in [-0.2, -0.15) is 12.3 Å². The van der Waals surface area contributed by atoms with Crippen LogP contribution in [-0.4, -0.2) is 12.8 Å². The summed E-state index contributed by atoms with van der Waals surface area (Å²) in [7, 11) is 0. The third-order valence-corrected chi connectivity index (χ3v) is 1.67. The van der Waals surface area contributed by atoms with Gasteiger partial charge in [0.2, 0.25) is 0 Å². The quantitative estimate of drug-likeness (QED) is 0.620. The Morgan fingerprint density at radius 2 is 2.50 bits per heavy atom. The van der Waals surface area contributed by atoms with E-state index in [1.165, 1.54) is 12.8 Å². The molecule has 0 N–H and O–H groups in total. The van der Waals surface area contributed by atoms with Crippen molar-refractivity contribution >= 4 is 6.21 Å². The van der Waals surface area contributed by atoms with Crippen molar-refractivity contribution in [2.75, 3.05) is 6.54 Å². The third kappa shape index (κ3) is 3.73. The molecule has 1 unspecified atom stereocenters. The zero-order chi connectivity index (χ0) is 6.53. The molecule has 1 rings (SSSR count). The Labute approximate surface area is 88.6 Å². The van der Waals surface area contributed by atoms with Crippen LogP contribution in [0.2, 0.25) is 0 Å². The first-order chi connectivity index (χ1) is 4.43. The standard InChI is InChI=1S/C8H13N.Y/c1-2-3-8-4-6-9-7-5-8;/h4,6,8H,1-3,5,7H2;/q-2;. The molecule has 0 bridgehead atoms. The van der Waals surface area contributed by atoms with Gasteiger partial charge in [0, 0.05) is 39.3 Å². The maximum absolute atomic E-state index is 4.11. The molecule has 0 spiro atoms. The number of hydrogen-bond donors (Lipinski definition) is 0. The van der Waals surface area contributed by atoms with Crippen LogP contribution in [0.5, 0.6) is 0 Å². The zero-order valence-electron chi connectivity index (χ0n) is 6.29. The van der Waals surface area contributed by atoms with E-state index >= 15 is 0 Å². The van der Waals surface area contributed by atoms with Crippen LogP contribution in [0.3, 0.4) is 0 Å². The Morgan fingerprint density at radius 1 is 1.70 bits per heavy atom. The normalized spacial score (nSPS) is 23.1. The van der Waals surface area contributed by atoms with Crippen molar-refractivity contribution < 1.29 is 32.7 Å². The van der Waals surface area contributed by atoms with Crippen LogP contribution in [0.4, 0.5) is 0 Å². The molecule has 0 fully saturated rings. The molecule has 0 saturated heterocycles. The molecule has 0 aromatic rings. The van der Waals surface area contributed by atoms with Crippen molar-refractivity contribution in [3.8, 4) is 0 Å². The molecular formula is C8H13NY-2. The van der Waals surface area contributed by atoms with Crippen LogP contribution >= 0.6 is 0 Å². The van der Waals surface area contributed by atoms with Crippen molar-refractivity contribution in [3.63, 3.8) is 0 Å². The molecule has 0 amide bonds. The van der Waals surface area contributed by atoms with Gasteiger partial charge < -0.3 is 18.3 Å². The van der Waals surface area contributed by atoms with Crippen LogP contribution in [0.1, 0.15) is 19.3 Å². The summed E-state index contributed by atoms with van der Waals surface area (Å²) in [6.45, 7) is 4.83. The molecule has 1 radical (unpaired) electrons. The predicted octanol–water partition coefficient (Wildman–Crippen LogP) is 1.89. The van der Waals surface area contributed by atoms with Gasteiger partial charge in [0.15, 0.2) is 0 Å². The van der Waals surface area contributed by atoms with Crippen molar-refractivity contribution in [1.82, 2.24) is 0 Å². The van der Waals surface area contributed by atoms with Crippen LogP contribution in [0, 0.1) is 19.3 Å². The average Bonchev–Trinajstić information content (AvgIpc) is 1.91. The molecule has 1 heterocycles. The monoisotopic (exact) mass is 212 g/mol. The summed E-state index contributed by atoms with van der Waals surface area (Å²) >= 11 is 0. The Kier molecular flexibility index (Phi) is 6.77. The summed E-state index contributed by atoms with van der Waals surface area (Å²) < 4.78 is 0. The molecule has 0 aromatic heterocycles. The van der Waals surface area contributed by atoms with E-state index in [2.05, 4.69) is 18.3 Å². The van der Waals surface area contributed by atoms with Gasteiger partial charge in [-0.05, 0) is 0 Å². The molecule has 1 aliphatic rings. The topological polar surface area (TPSA) is 12.4 Å². The first kappa shape index (κ1) is 10.6. The minimum absolute atomic E-state index is 0. The van der Waals surface area contributed by atoms with Crippen LogP contribution in [0.25, 0.3) is 0 Å². The Bertz CT molecular complexity index is 101. The van der Waals surface area contributed by atoms with E-state index in [1.807, 2.05) is 6.21 Å². The van der Waals surface area contributed by atoms with Gasteiger partial charge >= 0.3 is 0 Å². The van der Waals surface area contributed by atoms with Gasteiger partial charge in [0.05, 0.1) is 0 Å². The summed E-state index contributed by atoms with van der Waals surface area (Å²) in [6.07, 6.45) is 7.63. The van der Waals surface area contributed by atoms with E-state index < -0.39 is 0 Å². The van der Waals surface area contributed by atoms with E-state index in [9.17, 15) is 0 Å². The van der Waals surface area contributed by atoms with E-state index in [1.54, 1.807) is 0 Å². The fraction of sp³-hybridized carbons (Fsp3) is 0.625. The third-order valence-electron chi connectivity index (χ3n) is 1.67. The molecule has 2 heteroatoms. The first-order valence-electron chi connectivity index (χ1n) is 3.56. The second-order valence-corrected chi connectivity index (χ2v) is 2.44. The molecule has 1 nitrogen and oxygen atoms in total. The van der Waals surface area contributed by atoms with Crippen molar-refractivity contribution in [2.24, 2.45) is 10.9 Å². The van der Waals surface area contributed by atoms with Gasteiger partial charge in [-0.25, -0.2) is 0 Å². The Hall–Kier alpha value is 0.644. The average molecular weight is 212 g/mol. The second-order valence-electron chi connectivity index (χ2n) is 2.44. The maximum Gasteiger partial charge on any atom is 0.0335 e. The first-order valence-corrected chi connectivity index (χ1v) is 3.56. The van der Waals surface area contributed by atoms with E-state index in [-0.39, 0.29) is 32.7 Å². The van der Waals surface area contributed by atoms with Crippen LogP contribution < -0.4 is 0 Å². The summed E-state index contributed by atoms with van der Waals surface area (Å²) in [6, 6.07) is 0. The SMILES string of the molecule is [CH2-]CCC1[CH-]C=NCC1.[Y]. The maximum atomic E-state index is 4.11. The molecule has 0 aromatic carbocycles. The molecule has 0 aliphatic carbocycles. The molecule has 0 saturated carbocycles. The Morgan fingerprint density at radius 3 is 3.00 bits per heavy atom. The largest absolute Gasteiger partial charge is 0.347 e. The summed E-state index contributed by atoms with van der Waals surface area (Å²) in [5.41, 5.74) is 0. The number of rotatable bonds is 2. The molecular weight excluding hydrogens is 199 g/mol. The number of nitrogens with zero attached hydrogens (tertiary/aromatic N) is 1. The van der Waals surface area contributed by atoms with Gasteiger partial charge in [-0.1, -0.05) is 6.42 Å².